The molecule has 18 heavy (non-hydrogen) atoms. The van der Waals surface area contributed by atoms with E-state index in [1.165, 1.54) is 11.3 Å². The first-order valence-corrected chi connectivity index (χ1v) is 6.63. The van der Waals surface area contributed by atoms with Crippen molar-refractivity contribution in [3.05, 3.63) is 28.7 Å². The second-order valence-electron chi connectivity index (χ2n) is 4.26. The zero-order chi connectivity index (χ0) is 13.0. The number of carboxylic acids is 1. The van der Waals surface area contributed by atoms with Crippen LogP contribution in [-0.2, 0) is 16.1 Å². The van der Waals surface area contributed by atoms with Gasteiger partial charge in [-0.1, -0.05) is 12.2 Å². The lowest BCUT2D eigenvalue weighted by molar-refractivity contribution is -0.156. The van der Waals surface area contributed by atoms with E-state index in [0.717, 1.165) is 5.69 Å². The van der Waals surface area contributed by atoms with Crippen molar-refractivity contribution >= 4 is 23.2 Å². The van der Waals surface area contributed by atoms with Crippen LogP contribution in [-0.4, -0.2) is 22.0 Å². The van der Waals surface area contributed by atoms with Crippen LogP contribution >= 0.6 is 11.3 Å². The molecular formula is C12H14N2O3S. The smallest absolute Gasteiger partial charge is 0.319 e. The summed E-state index contributed by atoms with van der Waals surface area (Å²) in [5, 5.41) is 13.8. The Balaban J connectivity index is 2.05. The van der Waals surface area contributed by atoms with Gasteiger partial charge in [-0.15, -0.1) is 11.3 Å². The number of rotatable bonds is 4. The molecular weight excluding hydrogens is 252 g/mol. The van der Waals surface area contributed by atoms with Crippen molar-refractivity contribution in [2.75, 3.05) is 0 Å². The summed E-state index contributed by atoms with van der Waals surface area (Å²) in [5.74, 6) is -1.48. The molecule has 2 rings (SSSR count). The van der Waals surface area contributed by atoms with E-state index in [4.69, 9.17) is 0 Å². The SMILES string of the molecule is O=C(O)C1(C(=O)NCc2cscn2)CC=CCC1. The second kappa shape index (κ2) is 5.30. The minimum absolute atomic E-state index is 0.255. The molecule has 6 heteroatoms. The molecule has 1 atom stereocenters. The van der Waals surface area contributed by atoms with E-state index < -0.39 is 17.3 Å². The van der Waals surface area contributed by atoms with Gasteiger partial charge < -0.3 is 10.4 Å². The molecule has 0 saturated carbocycles. The molecule has 1 amide bonds. The molecule has 1 aliphatic rings. The summed E-state index contributed by atoms with van der Waals surface area (Å²) in [4.78, 5) is 27.5. The van der Waals surface area contributed by atoms with Crippen LogP contribution in [0.25, 0.3) is 0 Å². The summed E-state index contributed by atoms with van der Waals surface area (Å²) in [6.45, 7) is 0.279. The van der Waals surface area contributed by atoms with Gasteiger partial charge in [-0.2, -0.15) is 0 Å². The lowest BCUT2D eigenvalue weighted by atomic mass is 9.76. The number of carboxylic acid groups (broad SMARTS) is 1. The second-order valence-corrected chi connectivity index (χ2v) is 4.98. The van der Waals surface area contributed by atoms with Crippen LogP contribution < -0.4 is 5.32 Å². The van der Waals surface area contributed by atoms with Crippen LogP contribution in [0.15, 0.2) is 23.0 Å². The summed E-state index contributed by atoms with van der Waals surface area (Å²) in [6, 6.07) is 0. The molecule has 0 aromatic carbocycles. The number of amides is 1. The van der Waals surface area contributed by atoms with E-state index in [2.05, 4.69) is 10.3 Å². The van der Waals surface area contributed by atoms with Gasteiger partial charge in [-0.05, 0) is 19.3 Å². The van der Waals surface area contributed by atoms with Crippen molar-refractivity contribution in [3.63, 3.8) is 0 Å². The lowest BCUT2D eigenvalue weighted by Crippen LogP contribution is -2.46. The van der Waals surface area contributed by atoms with E-state index in [-0.39, 0.29) is 13.0 Å². The van der Waals surface area contributed by atoms with E-state index in [1.807, 2.05) is 11.5 Å². The third-order valence-corrected chi connectivity index (χ3v) is 3.76. The molecule has 1 aromatic heterocycles. The summed E-state index contributed by atoms with van der Waals surface area (Å²) in [6.07, 6.45) is 4.90. The van der Waals surface area contributed by atoms with Crippen molar-refractivity contribution in [1.82, 2.24) is 10.3 Å². The van der Waals surface area contributed by atoms with Crippen LogP contribution in [0.3, 0.4) is 0 Å². The fourth-order valence-electron chi connectivity index (χ4n) is 2.00. The first-order chi connectivity index (χ1) is 8.65. The highest BCUT2D eigenvalue weighted by atomic mass is 32.1. The van der Waals surface area contributed by atoms with E-state index in [1.54, 1.807) is 11.6 Å². The number of allylic oxidation sites excluding steroid dienone is 2. The minimum Gasteiger partial charge on any atom is -0.480 e. The summed E-state index contributed by atoms with van der Waals surface area (Å²) >= 11 is 1.44. The molecule has 1 unspecified atom stereocenters. The molecule has 0 bridgehead atoms. The minimum atomic E-state index is -1.31. The quantitative estimate of drug-likeness (QED) is 0.640. The molecule has 5 nitrogen and oxygen atoms in total. The summed E-state index contributed by atoms with van der Waals surface area (Å²) in [7, 11) is 0. The normalized spacial score (nSPS) is 22.7. The van der Waals surface area contributed by atoms with Gasteiger partial charge in [-0.3, -0.25) is 9.59 Å². The molecule has 1 aromatic rings. The first-order valence-electron chi connectivity index (χ1n) is 5.69. The van der Waals surface area contributed by atoms with Gasteiger partial charge in [0.1, 0.15) is 5.41 Å². The Hall–Kier alpha value is -1.69. The Morgan fingerprint density at radius 3 is 2.89 bits per heavy atom. The fourth-order valence-corrected chi connectivity index (χ4v) is 2.56. The number of carbonyl (C=O) groups excluding carboxylic acids is 1. The molecule has 0 spiro atoms. The van der Waals surface area contributed by atoms with Crippen LogP contribution in [0.2, 0.25) is 0 Å². The number of nitrogens with one attached hydrogen (secondary N) is 1. The van der Waals surface area contributed by atoms with E-state index in [9.17, 15) is 14.7 Å². The number of carbonyl (C=O) groups is 2. The Morgan fingerprint density at radius 2 is 2.33 bits per heavy atom. The standard InChI is InChI=1S/C12H14N2O3S/c15-10(13-6-9-7-18-8-14-9)12(11(16)17)4-2-1-3-5-12/h1-2,7-8H,3-6H2,(H,13,15)(H,16,17). The maximum absolute atomic E-state index is 12.1. The Kier molecular flexibility index (Phi) is 3.76. The highest BCUT2D eigenvalue weighted by molar-refractivity contribution is 7.07. The average molecular weight is 266 g/mol. The predicted octanol–water partition coefficient (Wildman–Crippen LogP) is 1.57. The molecule has 0 radical (unpaired) electrons. The third kappa shape index (κ3) is 2.43. The lowest BCUT2D eigenvalue weighted by Gasteiger charge is -2.28. The van der Waals surface area contributed by atoms with Crippen LogP contribution in [0.4, 0.5) is 0 Å². The van der Waals surface area contributed by atoms with Gasteiger partial charge in [-0.25, -0.2) is 4.98 Å². The van der Waals surface area contributed by atoms with Gasteiger partial charge in [0.05, 0.1) is 17.7 Å². The van der Waals surface area contributed by atoms with Gasteiger partial charge >= 0.3 is 5.97 Å². The van der Waals surface area contributed by atoms with Crippen molar-refractivity contribution in [2.24, 2.45) is 5.41 Å². The van der Waals surface area contributed by atoms with Crippen molar-refractivity contribution in [2.45, 2.75) is 25.8 Å². The molecule has 96 valence electrons. The maximum Gasteiger partial charge on any atom is 0.319 e. The van der Waals surface area contributed by atoms with Crippen molar-refractivity contribution in [1.29, 1.82) is 0 Å². The van der Waals surface area contributed by atoms with Crippen LogP contribution in [0.5, 0.6) is 0 Å². The maximum atomic E-state index is 12.1. The Labute approximate surface area is 109 Å². The average Bonchev–Trinajstić information content (AvgIpc) is 2.89. The van der Waals surface area contributed by atoms with E-state index in [0.29, 0.717) is 12.8 Å². The Morgan fingerprint density at radius 1 is 1.50 bits per heavy atom. The molecule has 0 aliphatic heterocycles. The van der Waals surface area contributed by atoms with Crippen molar-refractivity contribution in [3.8, 4) is 0 Å². The number of nitrogens with zero attached hydrogens (tertiary/aromatic N) is 1. The molecule has 2 N–H and O–H groups in total. The van der Waals surface area contributed by atoms with Gasteiger partial charge in [0.15, 0.2) is 0 Å². The van der Waals surface area contributed by atoms with Gasteiger partial charge in [0, 0.05) is 5.38 Å². The van der Waals surface area contributed by atoms with Gasteiger partial charge in [0.2, 0.25) is 5.91 Å². The van der Waals surface area contributed by atoms with E-state index >= 15 is 0 Å². The number of thiazole rings is 1. The molecule has 1 aliphatic carbocycles. The van der Waals surface area contributed by atoms with Gasteiger partial charge in [0.25, 0.3) is 0 Å². The number of aliphatic carboxylic acids is 1. The zero-order valence-electron chi connectivity index (χ0n) is 9.76. The highest BCUT2D eigenvalue weighted by Gasteiger charge is 2.45. The fraction of sp³-hybridized carbons (Fsp3) is 0.417. The third-order valence-electron chi connectivity index (χ3n) is 3.13. The number of hydrogen-bond donors (Lipinski definition) is 2. The topological polar surface area (TPSA) is 79.3 Å². The number of aromatic nitrogens is 1. The number of hydrogen-bond acceptors (Lipinski definition) is 4. The molecule has 0 saturated heterocycles. The zero-order valence-corrected chi connectivity index (χ0v) is 10.6. The van der Waals surface area contributed by atoms with Crippen LogP contribution in [0.1, 0.15) is 25.0 Å². The monoisotopic (exact) mass is 266 g/mol. The summed E-state index contributed by atoms with van der Waals surface area (Å²) in [5.41, 5.74) is 1.11. The molecule has 1 heterocycles. The van der Waals surface area contributed by atoms with Crippen molar-refractivity contribution < 1.29 is 14.7 Å². The highest BCUT2D eigenvalue weighted by Crippen LogP contribution is 2.33. The first kappa shape index (κ1) is 12.8. The predicted molar refractivity (Wildman–Crippen MR) is 67.0 cm³/mol. The Bertz CT molecular complexity index is 470. The summed E-state index contributed by atoms with van der Waals surface area (Å²) < 4.78 is 0. The van der Waals surface area contributed by atoms with Crippen LogP contribution in [0, 0.1) is 5.41 Å². The molecule has 0 fully saturated rings. The largest absolute Gasteiger partial charge is 0.480 e.